The van der Waals surface area contributed by atoms with Gasteiger partial charge in [0.15, 0.2) is 0 Å². The molecule has 6 aliphatic rings. The van der Waals surface area contributed by atoms with E-state index in [1.807, 2.05) is 0 Å². The van der Waals surface area contributed by atoms with E-state index in [0.717, 1.165) is 102 Å². The number of fused-ring (bicyclic) bond motifs is 16. The lowest BCUT2D eigenvalue weighted by Gasteiger charge is -2.47. The zero-order valence-electron chi connectivity index (χ0n) is 51.5. The molecule has 0 bridgehead atoms. The smallest absolute Gasteiger partial charge is 0.260 e. The highest BCUT2D eigenvalue weighted by Gasteiger charge is 2.52. The maximum Gasteiger partial charge on any atom is 0.260 e. The second-order valence-corrected chi connectivity index (χ2v) is 26.3. The fourth-order valence-electron chi connectivity index (χ4n) is 16.7. The first-order valence-electron chi connectivity index (χ1n) is 32.1. The van der Waals surface area contributed by atoms with Gasteiger partial charge < -0.3 is 29.1 Å². The molecular weight excluding hydrogens is 1120 g/mol. The van der Waals surface area contributed by atoms with Gasteiger partial charge in [0.1, 0.15) is 23.0 Å². The summed E-state index contributed by atoms with van der Waals surface area (Å²) >= 11 is 0. The second-order valence-electron chi connectivity index (χ2n) is 26.3. The number of ether oxygens (including phenoxy) is 2. The summed E-state index contributed by atoms with van der Waals surface area (Å²) in [5.41, 5.74) is 29.6. The van der Waals surface area contributed by atoms with Crippen molar-refractivity contribution < 1.29 is 9.47 Å². The molecule has 0 saturated heterocycles. The van der Waals surface area contributed by atoms with Gasteiger partial charge >= 0.3 is 0 Å². The van der Waals surface area contributed by atoms with Crippen LogP contribution in [0.2, 0.25) is 0 Å². The predicted molar refractivity (Wildman–Crippen MR) is 379 cm³/mol. The van der Waals surface area contributed by atoms with Gasteiger partial charge in [0.2, 0.25) is 0 Å². The van der Waals surface area contributed by atoms with Crippen LogP contribution in [0.5, 0.6) is 23.0 Å². The number of nitrogens with zero attached hydrogens (tertiary/aromatic N) is 4. The van der Waals surface area contributed by atoms with Crippen molar-refractivity contribution in [1.82, 2.24) is 0 Å². The van der Waals surface area contributed by atoms with Crippen LogP contribution in [0.4, 0.5) is 68.2 Å². The van der Waals surface area contributed by atoms with Crippen molar-refractivity contribution in [2.75, 3.05) is 19.6 Å². The Morgan fingerprint density at radius 1 is 0.348 bits per heavy atom. The van der Waals surface area contributed by atoms with E-state index in [0.29, 0.717) is 0 Å². The molecule has 0 N–H and O–H groups in total. The minimum atomic E-state index is -0.445. The van der Waals surface area contributed by atoms with Crippen molar-refractivity contribution in [3.63, 3.8) is 0 Å². The quantitative estimate of drug-likeness (QED) is 0.141. The lowest BCUT2D eigenvalue weighted by atomic mass is 9.34. The predicted octanol–water partition coefficient (Wildman–Crippen LogP) is 20.7. The van der Waals surface area contributed by atoms with Gasteiger partial charge in [-0.15, -0.1) is 0 Å². The van der Waals surface area contributed by atoms with Crippen LogP contribution >= 0.6 is 0 Å². The van der Waals surface area contributed by atoms with Gasteiger partial charge in [-0.1, -0.05) is 191 Å². The van der Waals surface area contributed by atoms with Crippen molar-refractivity contribution in [2.24, 2.45) is 0 Å². The van der Waals surface area contributed by atoms with Crippen molar-refractivity contribution in [3.8, 4) is 45.3 Å². The van der Waals surface area contributed by atoms with Crippen LogP contribution < -0.4 is 45.5 Å². The Morgan fingerprint density at radius 2 is 0.837 bits per heavy atom. The molecule has 0 aromatic heterocycles. The number of benzene rings is 13. The lowest BCUT2D eigenvalue weighted by molar-refractivity contribution is 0.453. The molecule has 19 rings (SSSR count). The third kappa shape index (κ3) is 7.45. The first-order valence-corrected chi connectivity index (χ1v) is 32.1. The number of hydrogen-bond donors (Lipinski definition) is 0. The van der Waals surface area contributed by atoms with Crippen LogP contribution in [-0.4, -0.2) is 6.71 Å². The van der Waals surface area contributed by atoms with Crippen LogP contribution in [-0.2, 0) is 10.8 Å². The van der Waals surface area contributed by atoms with Crippen molar-refractivity contribution in [1.29, 1.82) is 0 Å². The first-order chi connectivity index (χ1) is 45.2. The van der Waals surface area contributed by atoms with E-state index in [2.05, 4.69) is 338 Å². The molecule has 1 unspecified atom stereocenters. The molecule has 436 valence electrons. The Balaban J connectivity index is 0.836. The highest BCUT2D eigenvalue weighted by atomic mass is 16.5. The minimum absolute atomic E-state index is 0.159. The van der Waals surface area contributed by atoms with Crippen LogP contribution in [0.3, 0.4) is 0 Å². The van der Waals surface area contributed by atoms with Crippen LogP contribution in [0, 0.1) is 0 Å². The summed E-state index contributed by atoms with van der Waals surface area (Å²) in [6.45, 7) is 9.46. The first kappa shape index (κ1) is 52.6. The van der Waals surface area contributed by atoms with E-state index in [9.17, 15) is 0 Å². The molecule has 0 radical (unpaired) electrons. The van der Waals surface area contributed by atoms with E-state index < -0.39 is 10.8 Å². The zero-order valence-corrected chi connectivity index (χ0v) is 51.5. The van der Waals surface area contributed by atoms with E-state index >= 15 is 0 Å². The highest BCUT2D eigenvalue weighted by Crippen LogP contribution is 2.67. The summed E-state index contributed by atoms with van der Waals surface area (Å²) in [5, 5.41) is 0. The molecule has 0 spiro atoms. The lowest BCUT2D eigenvalue weighted by Crippen LogP contribution is -2.58. The van der Waals surface area contributed by atoms with Crippen molar-refractivity contribution in [3.05, 3.63) is 330 Å². The Hall–Kier alpha value is -11.3. The van der Waals surface area contributed by atoms with E-state index in [4.69, 9.17) is 9.47 Å². The van der Waals surface area contributed by atoms with Gasteiger partial charge in [0, 0.05) is 84.9 Å². The molecule has 1 atom stereocenters. The Morgan fingerprint density at radius 3 is 1.41 bits per heavy atom. The summed E-state index contributed by atoms with van der Waals surface area (Å²) in [6, 6.07) is 107. The molecule has 0 amide bonds. The zero-order chi connectivity index (χ0) is 61.1. The Labute approximate surface area is 537 Å². The topological polar surface area (TPSA) is 31.4 Å². The van der Waals surface area contributed by atoms with Gasteiger partial charge in [-0.25, -0.2) is 0 Å². The van der Waals surface area contributed by atoms with E-state index in [-0.39, 0.29) is 12.6 Å². The largest absolute Gasteiger partial charge is 0.458 e. The minimum Gasteiger partial charge on any atom is -0.458 e. The fraction of sp³-hybridized carbons (Fsp3) is 0.0824. The second kappa shape index (κ2) is 19.6. The normalized spacial score (nSPS) is 15.3. The average Bonchev–Trinajstić information content (AvgIpc) is 1.17. The SMILES string of the molecule is CC1(C)c2cc(N(c3ccccc3)c3ccccc3)ccc2-c2cc3c4c(c21)Oc1ccccc1B4c1cc2c(cc1O3)N(c1ccccc1)c1cc3c(c4c1C2c1ccccc1N4c1ccccc1)C(C)(C)c1cc(N(c2ccccc2)c2ccccc2)ccc1-3. The van der Waals surface area contributed by atoms with Gasteiger partial charge in [0.05, 0.1) is 22.7 Å². The number of anilines is 12. The van der Waals surface area contributed by atoms with Gasteiger partial charge in [0.25, 0.3) is 6.71 Å². The molecule has 0 saturated carbocycles. The Bertz CT molecular complexity index is 5110. The Kier molecular flexibility index (Phi) is 11.2. The molecular formula is C85H61BN4O2. The average molecular weight is 1180 g/mol. The molecule has 4 heterocycles. The summed E-state index contributed by atoms with van der Waals surface area (Å²) in [6.07, 6.45) is 0. The van der Waals surface area contributed by atoms with Crippen LogP contribution in [0.1, 0.15) is 72.6 Å². The van der Waals surface area contributed by atoms with Crippen molar-refractivity contribution in [2.45, 2.75) is 44.4 Å². The van der Waals surface area contributed by atoms with Gasteiger partial charge in [-0.05, 0) is 182 Å². The molecule has 4 aliphatic heterocycles. The molecule has 7 heteroatoms. The maximum absolute atomic E-state index is 7.63. The molecule has 13 aromatic carbocycles. The summed E-state index contributed by atoms with van der Waals surface area (Å²) in [5.74, 6) is 3.28. The van der Waals surface area contributed by atoms with Gasteiger partial charge in [-0.2, -0.15) is 0 Å². The third-order valence-corrected chi connectivity index (χ3v) is 20.6. The standard InChI is InChI=1S/C85H61BN4O2/c1-84(2)67-47-59(87(53-27-11-5-12-28-53)54-29-13-6-14-30-54)43-45-61(67)64-50-73-78-77(63-39-23-25-41-71(63)90(82(78)79(64)84)58-37-21-10-22-38-58)66-49-70-75(52-72(66)89(73)57-35-19-9-20-36-57)91-76-51-65-62-46-44-60(88(55-31-15-7-16-32-55)56-33-17-8-18-34-56)48-68(62)85(3,4)80(65)83-81(76)86(70)69-40-24-26-42-74(69)92-83/h5-52,77H,1-4H3. The molecule has 0 fully saturated rings. The fourth-order valence-corrected chi connectivity index (χ4v) is 16.7. The monoisotopic (exact) mass is 1180 g/mol. The maximum atomic E-state index is 7.63. The number of rotatable bonds is 8. The number of para-hydroxylation sites is 8. The van der Waals surface area contributed by atoms with E-state index in [1.165, 1.54) is 67.0 Å². The third-order valence-electron chi connectivity index (χ3n) is 20.6. The van der Waals surface area contributed by atoms with Crippen LogP contribution in [0.15, 0.2) is 291 Å². The molecule has 6 nitrogen and oxygen atoms in total. The van der Waals surface area contributed by atoms with E-state index in [1.54, 1.807) is 0 Å². The summed E-state index contributed by atoms with van der Waals surface area (Å²) in [7, 11) is 0. The van der Waals surface area contributed by atoms with Crippen LogP contribution in [0.25, 0.3) is 22.3 Å². The summed E-state index contributed by atoms with van der Waals surface area (Å²) in [4.78, 5) is 9.89. The van der Waals surface area contributed by atoms with Gasteiger partial charge in [-0.3, -0.25) is 0 Å². The van der Waals surface area contributed by atoms with Crippen molar-refractivity contribution >= 4 is 91.3 Å². The summed E-state index contributed by atoms with van der Waals surface area (Å²) < 4.78 is 15.0. The highest BCUT2D eigenvalue weighted by molar-refractivity contribution is 6.98. The molecule has 92 heavy (non-hydrogen) atoms. The molecule has 13 aromatic rings. The number of hydrogen-bond acceptors (Lipinski definition) is 6. The molecule has 2 aliphatic carbocycles.